The number of hydrogen-bond acceptors (Lipinski definition) is 5. The van der Waals surface area contributed by atoms with Crippen LogP contribution in [0.15, 0.2) is 35.8 Å². The van der Waals surface area contributed by atoms with Gasteiger partial charge in [-0.25, -0.2) is 9.67 Å². The van der Waals surface area contributed by atoms with Crippen LogP contribution in [0.5, 0.6) is 5.75 Å². The molecule has 0 aliphatic rings. The predicted molar refractivity (Wildman–Crippen MR) is 89.6 cm³/mol. The first-order chi connectivity index (χ1) is 12.3. The smallest absolute Gasteiger partial charge is 0.434 e. The quantitative estimate of drug-likeness (QED) is 0.751. The first kappa shape index (κ1) is 17.9. The van der Waals surface area contributed by atoms with Crippen LogP contribution in [0.3, 0.4) is 0 Å². The molecular formula is C16H13F3N4O2S. The van der Waals surface area contributed by atoms with Crippen molar-refractivity contribution in [3.63, 3.8) is 0 Å². The van der Waals surface area contributed by atoms with E-state index in [1.807, 2.05) is 0 Å². The minimum absolute atomic E-state index is 0.0123. The van der Waals surface area contributed by atoms with Crippen LogP contribution in [-0.4, -0.2) is 34.8 Å². The minimum atomic E-state index is -4.76. The molecule has 0 atom stereocenters. The third kappa shape index (κ3) is 3.27. The van der Waals surface area contributed by atoms with Crippen molar-refractivity contribution in [2.24, 2.45) is 0 Å². The summed E-state index contributed by atoms with van der Waals surface area (Å²) in [4.78, 5) is 15.9. The lowest BCUT2D eigenvalue weighted by atomic mass is 10.2. The molecule has 0 aliphatic heterocycles. The van der Waals surface area contributed by atoms with E-state index in [1.165, 1.54) is 14.2 Å². The number of ether oxygens (including phenoxy) is 1. The number of methoxy groups -OCH3 is 1. The van der Waals surface area contributed by atoms with Crippen LogP contribution in [0.25, 0.3) is 16.4 Å². The average Bonchev–Trinajstić information content (AvgIpc) is 3.27. The highest BCUT2D eigenvalue weighted by Gasteiger charge is 2.41. The molecule has 3 rings (SSSR count). The minimum Gasteiger partial charge on any atom is -0.497 e. The molecule has 2 aromatic heterocycles. The van der Waals surface area contributed by atoms with Gasteiger partial charge in [-0.3, -0.25) is 4.79 Å². The van der Waals surface area contributed by atoms with E-state index < -0.39 is 23.3 Å². The molecule has 0 fully saturated rings. The van der Waals surface area contributed by atoms with Gasteiger partial charge in [0.25, 0.3) is 5.91 Å². The monoisotopic (exact) mass is 382 g/mol. The number of rotatable bonds is 4. The number of nitrogens with one attached hydrogen (secondary N) is 1. The summed E-state index contributed by atoms with van der Waals surface area (Å²) in [5.74, 6) is -0.207. The second-order valence-electron chi connectivity index (χ2n) is 5.14. The number of halogens is 3. The number of thiazole rings is 1. The average molecular weight is 382 g/mol. The molecule has 2 heterocycles. The van der Waals surface area contributed by atoms with Gasteiger partial charge in [0.1, 0.15) is 5.75 Å². The van der Waals surface area contributed by atoms with E-state index in [4.69, 9.17) is 4.74 Å². The highest BCUT2D eigenvalue weighted by molar-refractivity contribution is 7.12. The van der Waals surface area contributed by atoms with Crippen LogP contribution in [0.2, 0.25) is 0 Å². The third-order valence-corrected chi connectivity index (χ3v) is 4.38. The molecule has 0 radical (unpaired) electrons. The molecule has 1 amide bonds. The zero-order valence-corrected chi connectivity index (χ0v) is 14.5. The van der Waals surface area contributed by atoms with Gasteiger partial charge in [-0.1, -0.05) is 0 Å². The van der Waals surface area contributed by atoms with Crippen LogP contribution < -0.4 is 10.1 Å². The van der Waals surface area contributed by atoms with Gasteiger partial charge in [-0.15, -0.1) is 11.3 Å². The molecule has 10 heteroatoms. The lowest BCUT2D eigenvalue weighted by Gasteiger charge is -2.10. The fourth-order valence-electron chi connectivity index (χ4n) is 2.32. The number of amides is 1. The molecule has 0 bridgehead atoms. The standard InChI is InChI=1S/C16H13F3N4O2S/c1-20-14(24)11-7-21-23(13(11)16(17,18)19)15-22-12(8-26-15)9-3-5-10(25-2)6-4-9/h3-8H,1-2H3,(H,20,24). The molecule has 0 aliphatic carbocycles. The van der Waals surface area contributed by atoms with E-state index in [2.05, 4.69) is 15.4 Å². The Hall–Kier alpha value is -2.88. The first-order valence-electron chi connectivity index (χ1n) is 7.32. The van der Waals surface area contributed by atoms with Crippen molar-refractivity contribution in [1.29, 1.82) is 0 Å². The van der Waals surface area contributed by atoms with Crippen molar-refractivity contribution in [3.8, 4) is 22.1 Å². The number of aromatic nitrogens is 3. The summed E-state index contributed by atoms with van der Waals surface area (Å²) < 4.78 is 46.1. The number of nitrogens with zero attached hydrogens (tertiary/aromatic N) is 3. The second kappa shape index (κ2) is 6.79. The largest absolute Gasteiger partial charge is 0.497 e. The SMILES string of the molecule is CNC(=O)c1cnn(-c2nc(-c3ccc(OC)cc3)cs2)c1C(F)(F)F. The molecule has 1 N–H and O–H groups in total. The normalized spacial score (nSPS) is 11.4. The maximum atomic E-state index is 13.5. The van der Waals surface area contributed by atoms with Gasteiger partial charge in [0, 0.05) is 18.0 Å². The fraction of sp³-hybridized carbons (Fsp3) is 0.188. The third-order valence-electron chi connectivity index (χ3n) is 3.57. The lowest BCUT2D eigenvalue weighted by molar-refractivity contribution is -0.143. The Kier molecular flexibility index (Phi) is 4.68. The Morgan fingerprint density at radius 2 is 1.96 bits per heavy atom. The van der Waals surface area contributed by atoms with Gasteiger partial charge < -0.3 is 10.1 Å². The van der Waals surface area contributed by atoms with E-state index in [0.29, 0.717) is 16.1 Å². The van der Waals surface area contributed by atoms with Gasteiger partial charge in [0.05, 0.1) is 24.6 Å². The topological polar surface area (TPSA) is 69.0 Å². The molecule has 0 spiro atoms. The number of carbonyl (C=O) groups excluding carboxylic acids is 1. The van der Waals surface area contributed by atoms with Crippen LogP contribution in [0.4, 0.5) is 13.2 Å². The zero-order chi connectivity index (χ0) is 18.9. The fourth-order valence-corrected chi connectivity index (χ4v) is 3.12. The van der Waals surface area contributed by atoms with E-state index >= 15 is 0 Å². The van der Waals surface area contributed by atoms with Crippen molar-refractivity contribution in [2.75, 3.05) is 14.2 Å². The van der Waals surface area contributed by atoms with Crippen LogP contribution in [-0.2, 0) is 6.18 Å². The molecular weight excluding hydrogens is 369 g/mol. The highest BCUT2D eigenvalue weighted by Crippen LogP contribution is 2.35. The van der Waals surface area contributed by atoms with Gasteiger partial charge in [0.15, 0.2) is 5.69 Å². The molecule has 0 saturated heterocycles. The van der Waals surface area contributed by atoms with E-state index in [-0.39, 0.29) is 5.13 Å². The Labute approximate surface area is 150 Å². The van der Waals surface area contributed by atoms with Gasteiger partial charge in [0.2, 0.25) is 5.13 Å². The Morgan fingerprint density at radius 1 is 1.27 bits per heavy atom. The van der Waals surface area contributed by atoms with Crippen LogP contribution >= 0.6 is 11.3 Å². The summed E-state index contributed by atoms with van der Waals surface area (Å²) >= 11 is 0.997. The van der Waals surface area contributed by atoms with Gasteiger partial charge >= 0.3 is 6.18 Å². The Balaban J connectivity index is 2.04. The zero-order valence-electron chi connectivity index (χ0n) is 13.7. The van der Waals surface area contributed by atoms with Crippen molar-refractivity contribution in [2.45, 2.75) is 6.18 Å². The molecule has 136 valence electrons. The lowest BCUT2D eigenvalue weighted by Crippen LogP contribution is -2.23. The molecule has 6 nitrogen and oxygen atoms in total. The summed E-state index contributed by atoms with van der Waals surface area (Å²) in [6.07, 6.45) is -3.87. The van der Waals surface area contributed by atoms with Gasteiger partial charge in [-0.2, -0.15) is 18.3 Å². The highest BCUT2D eigenvalue weighted by atomic mass is 32.1. The van der Waals surface area contributed by atoms with E-state index in [0.717, 1.165) is 23.1 Å². The number of carbonyl (C=O) groups is 1. The number of hydrogen-bond donors (Lipinski definition) is 1. The summed E-state index contributed by atoms with van der Waals surface area (Å²) in [6, 6.07) is 6.96. The Bertz CT molecular complexity index is 932. The van der Waals surface area contributed by atoms with Crippen LogP contribution in [0, 0.1) is 0 Å². The predicted octanol–water partition coefficient (Wildman–Crippen LogP) is 3.38. The molecule has 1 aromatic carbocycles. The first-order valence-corrected chi connectivity index (χ1v) is 8.20. The van der Waals surface area contributed by atoms with E-state index in [1.54, 1.807) is 29.6 Å². The summed E-state index contributed by atoms with van der Waals surface area (Å²) in [5, 5.41) is 7.54. The van der Waals surface area contributed by atoms with Crippen molar-refractivity contribution >= 4 is 17.2 Å². The van der Waals surface area contributed by atoms with Crippen molar-refractivity contribution < 1.29 is 22.7 Å². The summed E-state index contributed by atoms with van der Waals surface area (Å²) in [6.45, 7) is 0. The Morgan fingerprint density at radius 3 is 2.54 bits per heavy atom. The molecule has 3 aromatic rings. The maximum absolute atomic E-state index is 13.5. The molecule has 0 unspecified atom stereocenters. The van der Waals surface area contributed by atoms with E-state index in [9.17, 15) is 18.0 Å². The number of alkyl halides is 3. The van der Waals surface area contributed by atoms with Crippen molar-refractivity contribution in [1.82, 2.24) is 20.1 Å². The molecule has 26 heavy (non-hydrogen) atoms. The molecule has 0 saturated carbocycles. The second-order valence-corrected chi connectivity index (χ2v) is 5.98. The van der Waals surface area contributed by atoms with Gasteiger partial charge in [-0.05, 0) is 24.3 Å². The maximum Gasteiger partial charge on any atom is 0.434 e. The number of benzene rings is 1. The summed E-state index contributed by atoms with van der Waals surface area (Å²) in [7, 11) is 2.79. The van der Waals surface area contributed by atoms with Crippen LogP contribution in [0.1, 0.15) is 16.1 Å². The summed E-state index contributed by atoms with van der Waals surface area (Å²) in [5.41, 5.74) is -0.494. The van der Waals surface area contributed by atoms with Crippen molar-refractivity contribution in [3.05, 3.63) is 47.1 Å².